The number of amides is 1. The molecule has 0 aliphatic carbocycles. The maximum absolute atomic E-state index is 13.3. The van der Waals surface area contributed by atoms with Crippen molar-refractivity contribution in [3.63, 3.8) is 0 Å². The van der Waals surface area contributed by atoms with Crippen LogP contribution in [-0.2, 0) is 7.05 Å². The summed E-state index contributed by atoms with van der Waals surface area (Å²) in [6.07, 6.45) is 3.56. The van der Waals surface area contributed by atoms with Crippen LogP contribution < -0.4 is 5.32 Å². The van der Waals surface area contributed by atoms with Crippen LogP contribution in [0.2, 0.25) is 0 Å². The first-order valence-electron chi connectivity index (χ1n) is 7.41. The van der Waals surface area contributed by atoms with Crippen molar-refractivity contribution in [1.82, 2.24) is 25.3 Å². The zero-order valence-electron chi connectivity index (χ0n) is 13.5. The number of nitrogens with zero attached hydrogens (tertiary/aromatic N) is 3. The predicted octanol–water partition coefficient (Wildman–Crippen LogP) is 2.74. The van der Waals surface area contributed by atoms with Gasteiger partial charge in [0, 0.05) is 31.1 Å². The second-order valence-electron chi connectivity index (χ2n) is 5.89. The number of H-pyrrole nitrogens is 1. The van der Waals surface area contributed by atoms with E-state index in [-0.39, 0.29) is 5.69 Å². The van der Waals surface area contributed by atoms with Gasteiger partial charge in [-0.25, -0.2) is 8.78 Å². The van der Waals surface area contributed by atoms with E-state index in [9.17, 15) is 13.6 Å². The van der Waals surface area contributed by atoms with Crippen molar-refractivity contribution in [2.45, 2.75) is 25.8 Å². The Morgan fingerprint density at radius 1 is 1.38 bits per heavy atom. The highest BCUT2D eigenvalue weighted by atomic mass is 19.3. The van der Waals surface area contributed by atoms with E-state index in [1.54, 1.807) is 23.0 Å². The van der Waals surface area contributed by atoms with Crippen molar-refractivity contribution in [3.05, 3.63) is 36.3 Å². The largest absolute Gasteiger partial charge is 0.342 e. The minimum atomic E-state index is -3.01. The number of rotatable bonds is 4. The van der Waals surface area contributed by atoms with Crippen LogP contribution in [-0.4, -0.2) is 37.8 Å². The highest BCUT2D eigenvalue weighted by Gasteiger charge is 2.32. The van der Waals surface area contributed by atoms with E-state index in [0.717, 1.165) is 18.1 Å². The molecular formula is C16H17F2N5O. The first kappa shape index (κ1) is 16.1. The van der Waals surface area contributed by atoms with Crippen LogP contribution in [0.15, 0.2) is 30.6 Å². The van der Waals surface area contributed by atoms with Gasteiger partial charge in [0.25, 0.3) is 11.8 Å². The van der Waals surface area contributed by atoms with Gasteiger partial charge in [0.1, 0.15) is 0 Å². The number of aryl methyl sites for hydroxylation is 1. The number of benzene rings is 1. The predicted molar refractivity (Wildman–Crippen MR) is 85.8 cm³/mol. The summed E-state index contributed by atoms with van der Waals surface area (Å²) >= 11 is 0. The average Bonchev–Trinajstić information content (AvgIpc) is 3.11. The van der Waals surface area contributed by atoms with Crippen molar-refractivity contribution >= 4 is 16.8 Å². The quantitative estimate of drug-likeness (QED) is 0.771. The molecule has 0 bridgehead atoms. The monoisotopic (exact) mass is 333 g/mol. The Kier molecular flexibility index (Phi) is 3.82. The average molecular weight is 333 g/mol. The molecule has 0 saturated carbocycles. The normalized spacial score (nSPS) is 13.2. The van der Waals surface area contributed by atoms with Crippen LogP contribution >= 0.6 is 0 Å². The number of fused-ring (bicyclic) bond motifs is 1. The fourth-order valence-corrected chi connectivity index (χ4v) is 2.33. The smallest absolute Gasteiger partial charge is 0.272 e. The number of alkyl halides is 2. The molecule has 1 amide bonds. The molecule has 3 aromatic rings. The Hall–Kier alpha value is -2.77. The number of halogens is 2. The van der Waals surface area contributed by atoms with Crippen molar-refractivity contribution in [1.29, 1.82) is 0 Å². The van der Waals surface area contributed by atoms with Crippen LogP contribution in [0.1, 0.15) is 24.3 Å². The Morgan fingerprint density at radius 3 is 2.75 bits per heavy atom. The molecule has 1 atom stereocenters. The molecule has 0 radical (unpaired) electrons. The molecule has 24 heavy (non-hydrogen) atoms. The second-order valence-corrected chi connectivity index (χ2v) is 5.89. The van der Waals surface area contributed by atoms with E-state index in [4.69, 9.17) is 0 Å². The molecule has 0 saturated heterocycles. The van der Waals surface area contributed by atoms with E-state index >= 15 is 0 Å². The SMILES string of the molecule is C[C@@H](NC(=O)c1n[nH]c2ccc(-c3cnn(C)c3)cc12)C(C)(F)F. The molecule has 0 spiro atoms. The van der Waals surface area contributed by atoms with Crippen molar-refractivity contribution in [3.8, 4) is 11.1 Å². The van der Waals surface area contributed by atoms with Gasteiger partial charge in [-0.1, -0.05) is 6.07 Å². The fourth-order valence-electron chi connectivity index (χ4n) is 2.33. The number of hydrogen-bond donors (Lipinski definition) is 2. The molecule has 0 aliphatic heterocycles. The Labute approximate surface area is 136 Å². The third-order valence-corrected chi connectivity index (χ3v) is 3.92. The summed E-state index contributed by atoms with van der Waals surface area (Å²) in [5.41, 5.74) is 2.50. The first-order valence-corrected chi connectivity index (χ1v) is 7.41. The maximum Gasteiger partial charge on any atom is 0.272 e. The number of carbonyl (C=O) groups is 1. The summed E-state index contributed by atoms with van der Waals surface area (Å²) in [6.45, 7) is 2.02. The lowest BCUT2D eigenvalue weighted by atomic mass is 10.1. The van der Waals surface area contributed by atoms with Gasteiger partial charge in [0.2, 0.25) is 0 Å². The summed E-state index contributed by atoms with van der Waals surface area (Å²) in [4.78, 5) is 12.3. The van der Waals surface area contributed by atoms with E-state index in [1.165, 1.54) is 6.92 Å². The third kappa shape index (κ3) is 2.99. The van der Waals surface area contributed by atoms with Crippen molar-refractivity contribution in [2.75, 3.05) is 0 Å². The molecule has 1 aromatic carbocycles. The van der Waals surface area contributed by atoms with Gasteiger partial charge < -0.3 is 5.32 Å². The Bertz CT molecular complexity index is 893. The lowest BCUT2D eigenvalue weighted by Gasteiger charge is -2.20. The molecule has 2 N–H and O–H groups in total. The highest BCUT2D eigenvalue weighted by Crippen LogP contribution is 2.25. The van der Waals surface area contributed by atoms with Crippen LogP contribution in [0.4, 0.5) is 8.78 Å². The number of hydrogen-bond acceptors (Lipinski definition) is 3. The van der Waals surface area contributed by atoms with Gasteiger partial charge >= 0.3 is 0 Å². The maximum atomic E-state index is 13.3. The molecule has 6 nitrogen and oxygen atoms in total. The van der Waals surface area contributed by atoms with Gasteiger partial charge in [-0.15, -0.1) is 0 Å². The molecule has 0 aliphatic rings. The summed E-state index contributed by atoms with van der Waals surface area (Å²) in [5.74, 6) is -3.65. The van der Waals surface area contributed by atoms with Crippen molar-refractivity contribution in [2.24, 2.45) is 7.05 Å². The third-order valence-electron chi connectivity index (χ3n) is 3.92. The number of nitrogens with one attached hydrogen (secondary N) is 2. The van der Waals surface area contributed by atoms with Crippen LogP contribution in [0.5, 0.6) is 0 Å². The summed E-state index contributed by atoms with van der Waals surface area (Å²) in [6, 6.07) is 4.17. The zero-order valence-corrected chi connectivity index (χ0v) is 13.5. The molecule has 126 valence electrons. The molecule has 2 aromatic heterocycles. The molecule has 2 heterocycles. The van der Waals surface area contributed by atoms with Gasteiger partial charge in [-0.3, -0.25) is 14.6 Å². The first-order chi connectivity index (χ1) is 11.3. The zero-order chi connectivity index (χ0) is 17.5. The van der Waals surface area contributed by atoms with Gasteiger partial charge in [-0.2, -0.15) is 10.2 Å². The van der Waals surface area contributed by atoms with Gasteiger partial charge in [0.05, 0.1) is 17.8 Å². The van der Waals surface area contributed by atoms with Crippen LogP contribution in [0.25, 0.3) is 22.0 Å². The number of aromatic amines is 1. The fraction of sp³-hybridized carbons (Fsp3) is 0.312. The van der Waals surface area contributed by atoms with E-state index < -0.39 is 17.9 Å². The Balaban J connectivity index is 1.95. The van der Waals surface area contributed by atoms with Gasteiger partial charge in [-0.05, 0) is 24.6 Å². The van der Waals surface area contributed by atoms with E-state index in [1.807, 2.05) is 19.3 Å². The molecular weight excluding hydrogens is 316 g/mol. The van der Waals surface area contributed by atoms with Crippen LogP contribution in [0, 0.1) is 0 Å². The summed E-state index contributed by atoms with van der Waals surface area (Å²) < 4.78 is 28.2. The minimum Gasteiger partial charge on any atom is -0.342 e. The highest BCUT2D eigenvalue weighted by molar-refractivity contribution is 6.05. The van der Waals surface area contributed by atoms with Crippen LogP contribution in [0.3, 0.4) is 0 Å². The molecule has 0 unspecified atom stereocenters. The summed E-state index contributed by atoms with van der Waals surface area (Å²) in [5, 5.41) is 13.7. The van der Waals surface area contributed by atoms with E-state index in [2.05, 4.69) is 20.6 Å². The molecule has 8 heteroatoms. The van der Waals surface area contributed by atoms with E-state index in [0.29, 0.717) is 10.9 Å². The lowest BCUT2D eigenvalue weighted by Crippen LogP contribution is -2.43. The lowest BCUT2D eigenvalue weighted by molar-refractivity contribution is -0.0108. The minimum absolute atomic E-state index is 0.0897. The Morgan fingerprint density at radius 2 is 2.12 bits per heavy atom. The molecule has 3 rings (SSSR count). The number of aromatic nitrogens is 4. The topological polar surface area (TPSA) is 75.6 Å². The van der Waals surface area contributed by atoms with Gasteiger partial charge in [0.15, 0.2) is 5.69 Å². The second kappa shape index (κ2) is 5.70. The standard InChI is InChI=1S/C16H17F2N5O/c1-9(16(2,17)18)20-15(24)14-12-6-10(4-5-13(12)21-22-14)11-7-19-23(3)8-11/h4-9H,1-3H3,(H,20,24)(H,21,22)/t9-/m1/s1. The number of carbonyl (C=O) groups excluding carboxylic acids is 1. The summed E-state index contributed by atoms with van der Waals surface area (Å²) in [7, 11) is 1.81. The molecule has 0 fully saturated rings. The van der Waals surface area contributed by atoms with Crippen molar-refractivity contribution < 1.29 is 13.6 Å².